The number of fused-ring (bicyclic) bond motifs is 1. The van der Waals surface area contributed by atoms with Gasteiger partial charge in [-0.3, -0.25) is 4.57 Å². The summed E-state index contributed by atoms with van der Waals surface area (Å²) in [4.78, 5) is 7.42. The van der Waals surface area contributed by atoms with Crippen LogP contribution >= 0.6 is 12.2 Å². The molecule has 0 aliphatic heterocycles. The highest BCUT2D eigenvalue weighted by Gasteiger charge is 2.04. The standard InChI is InChI=1S/C16H13N3S/c20-16-18-15-14(11-8-12-17-15)19(16)13-9-6-4-2-1-3-5-7-10-13/h1-12H,(H,17,18,20). The maximum Gasteiger partial charge on any atom is 0.183 e. The van der Waals surface area contributed by atoms with Crippen LogP contribution in [-0.4, -0.2) is 14.5 Å². The van der Waals surface area contributed by atoms with Crippen LogP contribution in [0.2, 0.25) is 0 Å². The van der Waals surface area contributed by atoms with Gasteiger partial charge in [0.1, 0.15) is 0 Å². The Labute approximate surface area is 121 Å². The summed E-state index contributed by atoms with van der Waals surface area (Å²) in [6, 6.07) is 21.9. The Bertz CT molecular complexity index is 822. The summed E-state index contributed by atoms with van der Waals surface area (Å²) in [6.45, 7) is 0. The normalized spacial score (nSPS) is 10.2. The van der Waals surface area contributed by atoms with Crippen molar-refractivity contribution in [1.29, 1.82) is 0 Å². The van der Waals surface area contributed by atoms with Gasteiger partial charge in [-0.25, -0.2) is 4.98 Å². The molecule has 0 aliphatic rings. The van der Waals surface area contributed by atoms with Crippen molar-refractivity contribution in [3.63, 3.8) is 0 Å². The van der Waals surface area contributed by atoms with Crippen LogP contribution in [0.5, 0.6) is 0 Å². The number of pyridine rings is 1. The van der Waals surface area contributed by atoms with Crippen LogP contribution in [0.25, 0.3) is 16.9 Å². The molecule has 0 amide bonds. The third kappa shape index (κ3) is 2.46. The molecule has 3 rings (SSSR count). The molecular formula is C16H13N3S. The zero-order valence-electron chi connectivity index (χ0n) is 10.7. The van der Waals surface area contributed by atoms with E-state index in [0.717, 1.165) is 16.9 Å². The molecule has 2 aromatic heterocycles. The third-order valence-corrected chi connectivity index (χ3v) is 3.20. The van der Waals surface area contributed by atoms with Gasteiger partial charge in [0.25, 0.3) is 0 Å². The van der Waals surface area contributed by atoms with E-state index in [-0.39, 0.29) is 0 Å². The average molecular weight is 279 g/mol. The molecule has 20 heavy (non-hydrogen) atoms. The Morgan fingerprint density at radius 1 is 0.850 bits per heavy atom. The van der Waals surface area contributed by atoms with E-state index in [1.807, 2.05) is 71.3 Å². The predicted molar refractivity (Wildman–Crippen MR) is 83.9 cm³/mol. The topological polar surface area (TPSA) is 33.6 Å². The monoisotopic (exact) mass is 279 g/mol. The first kappa shape index (κ1) is 12.6. The number of nitrogens with zero attached hydrogens (tertiary/aromatic N) is 2. The summed E-state index contributed by atoms with van der Waals surface area (Å²) >= 11 is 5.41. The second kappa shape index (κ2) is 5.67. The van der Waals surface area contributed by atoms with Gasteiger partial charge in [-0.05, 0) is 36.5 Å². The zero-order chi connectivity index (χ0) is 13.8. The van der Waals surface area contributed by atoms with Crippen LogP contribution in [0.1, 0.15) is 0 Å². The maximum absolute atomic E-state index is 5.41. The molecule has 4 heteroatoms. The van der Waals surface area contributed by atoms with Gasteiger partial charge in [0.05, 0.1) is 5.52 Å². The molecule has 0 fully saturated rings. The Kier molecular flexibility index (Phi) is 3.56. The van der Waals surface area contributed by atoms with Gasteiger partial charge in [0.15, 0.2) is 10.4 Å². The Morgan fingerprint density at radius 3 is 2.20 bits per heavy atom. The highest BCUT2D eigenvalue weighted by atomic mass is 32.1. The molecule has 0 spiro atoms. The van der Waals surface area contributed by atoms with Crippen molar-refractivity contribution in [2.24, 2.45) is 0 Å². The number of H-pyrrole nitrogens is 1. The maximum atomic E-state index is 5.41. The fraction of sp³-hybridized carbons (Fsp3) is 0. The molecule has 3 nitrogen and oxygen atoms in total. The third-order valence-electron chi connectivity index (χ3n) is 2.91. The largest absolute Gasteiger partial charge is 0.315 e. The van der Waals surface area contributed by atoms with E-state index in [0.29, 0.717) is 4.77 Å². The van der Waals surface area contributed by atoms with Crippen molar-refractivity contribution < 1.29 is 0 Å². The first-order valence-corrected chi connectivity index (χ1v) is 6.71. The van der Waals surface area contributed by atoms with E-state index in [4.69, 9.17) is 12.2 Å². The molecule has 0 aliphatic carbocycles. The molecule has 0 saturated carbocycles. The summed E-state index contributed by atoms with van der Waals surface area (Å²) in [5.41, 5.74) is 2.76. The number of aromatic nitrogens is 3. The summed E-state index contributed by atoms with van der Waals surface area (Å²) < 4.78 is 2.62. The first-order valence-electron chi connectivity index (χ1n) is 6.31. The Hall–Kier alpha value is -2.46. The van der Waals surface area contributed by atoms with E-state index in [1.54, 1.807) is 6.20 Å². The molecule has 1 aromatic carbocycles. The lowest BCUT2D eigenvalue weighted by Crippen LogP contribution is -1.92. The smallest absolute Gasteiger partial charge is 0.183 e. The van der Waals surface area contributed by atoms with Crippen molar-refractivity contribution in [2.75, 3.05) is 0 Å². The van der Waals surface area contributed by atoms with Crippen molar-refractivity contribution in [2.45, 2.75) is 0 Å². The number of hydrogen-bond donors (Lipinski definition) is 1. The lowest BCUT2D eigenvalue weighted by Gasteiger charge is -2.01. The van der Waals surface area contributed by atoms with Gasteiger partial charge < -0.3 is 4.98 Å². The number of imidazole rings is 1. The SMILES string of the molecule is S=c1[nH]c2ncccc2n1-c1ccccccccc1. The number of rotatable bonds is 1. The number of hydrogen-bond acceptors (Lipinski definition) is 2. The summed E-state index contributed by atoms with van der Waals surface area (Å²) in [5, 5.41) is 0. The molecule has 3 aromatic rings. The second-order valence-electron chi connectivity index (χ2n) is 4.24. The minimum Gasteiger partial charge on any atom is -0.315 e. The van der Waals surface area contributed by atoms with Gasteiger partial charge in [-0.1, -0.05) is 42.5 Å². The molecule has 0 saturated heterocycles. The summed E-state index contributed by atoms with van der Waals surface area (Å²) in [7, 11) is 0. The molecule has 0 radical (unpaired) electrons. The fourth-order valence-corrected chi connectivity index (χ4v) is 2.33. The summed E-state index contributed by atoms with van der Waals surface area (Å²) in [6.07, 6.45) is 1.75. The number of nitrogens with one attached hydrogen (secondary N) is 1. The van der Waals surface area contributed by atoms with Crippen LogP contribution in [0, 0.1) is 4.77 Å². The van der Waals surface area contributed by atoms with Gasteiger partial charge in [-0.15, -0.1) is 0 Å². The Morgan fingerprint density at radius 2 is 1.50 bits per heavy atom. The quantitative estimate of drug-likeness (QED) is 0.677. The minimum absolute atomic E-state index is 0.639. The van der Waals surface area contributed by atoms with E-state index >= 15 is 0 Å². The van der Waals surface area contributed by atoms with Gasteiger partial charge in [0, 0.05) is 11.9 Å². The van der Waals surface area contributed by atoms with Gasteiger partial charge >= 0.3 is 0 Å². The van der Waals surface area contributed by atoms with Crippen molar-refractivity contribution >= 4 is 23.4 Å². The van der Waals surface area contributed by atoms with E-state index < -0.39 is 0 Å². The van der Waals surface area contributed by atoms with E-state index in [2.05, 4.69) is 9.97 Å². The lowest BCUT2D eigenvalue weighted by atomic mass is 10.3. The molecular weight excluding hydrogens is 266 g/mol. The molecule has 2 heterocycles. The minimum atomic E-state index is 0.639. The molecule has 0 bridgehead atoms. The molecule has 1 N–H and O–H groups in total. The highest BCUT2D eigenvalue weighted by molar-refractivity contribution is 7.71. The van der Waals surface area contributed by atoms with Crippen LogP contribution in [0.4, 0.5) is 0 Å². The number of aromatic amines is 1. The summed E-state index contributed by atoms with van der Waals surface area (Å²) in [5.74, 6) is 0. The van der Waals surface area contributed by atoms with Crippen LogP contribution in [-0.2, 0) is 0 Å². The van der Waals surface area contributed by atoms with Gasteiger partial charge in [-0.2, -0.15) is 0 Å². The van der Waals surface area contributed by atoms with Gasteiger partial charge in [0.2, 0.25) is 0 Å². The van der Waals surface area contributed by atoms with Crippen molar-refractivity contribution in [3.05, 3.63) is 77.7 Å². The van der Waals surface area contributed by atoms with Crippen molar-refractivity contribution in [1.82, 2.24) is 14.5 Å². The second-order valence-corrected chi connectivity index (χ2v) is 4.63. The Balaban J connectivity index is 2.31. The molecule has 0 unspecified atom stereocenters. The zero-order valence-corrected chi connectivity index (χ0v) is 11.5. The average Bonchev–Trinajstić information content (AvgIpc) is 2.80. The predicted octanol–water partition coefficient (Wildman–Crippen LogP) is 4.21. The lowest BCUT2D eigenvalue weighted by molar-refractivity contribution is 1.07. The highest BCUT2D eigenvalue weighted by Crippen LogP contribution is 2.16. The molecule has 98 valence electrons. The van der Waals surface area contributed by atoms with Crippen LogP contribution < -0.4 is 0 Å². The van der Waals surface area contributed by atoms with Crippen LogP contribution in [0.3, 0.4) is 0 Å². The fourth-order valence-electron chi connectivity index (χ4n) is 2.03. The van der Waals surface area contributed by atoms with E-state index in [1.165, 1.54) is 0 Å². The van der Waals surface area contributed by atoms with Crippen LogP contribution in [0.15, 0.2) is 72.9 Å². The molecule has 0 atom stereocenters. The van der Waals surface area contributed by atoms with E-state index in [9.17, 15) is 0 Å². The first-order chi connectivity index (χ1) is 9.86. The van der Waals surface area contributed by atoms with Crippen molar-refractivity contribution in [3.8, 4) is 5.69 Å².